The maximum Gasteiger partial charge on any atom is 0.134 e. The summed E-state index contributed by atoms with van der Waals surface area (Å²) in [6, 6.07) is 5.80. The van der Waals surface area contributed by atoms with Crippen molar-refractivity contribution < 1.29 is 5.11 Å². The molecule has 0 atom stereocenters. The van der Waals surface area contributed by atoms with Gasteiger partial charge in [-0.1, -0.05) is 38.3 Å². The zero-order valence-corrected chi connectivity index (χ0v) is 13.2. The first-order valence-corrected chi connectivity index (χ1v) is 8.17. The van der Waals surface area contributed by atoms with E-state index in [4.69, 9.17) is 0 Å². The molecule has 0 aromatic heterocycles. The van der Waals surface area contributed by atoms with E-state index in [0.717, 1.165) is 35.0 Å². The van der Waals surface area contributed by atoms with Crippen molar-refractivity contribution in [3.8, 4) is 5.75 Å². The lowest BCUT2D eigenvalue weighted by Gasteiger charge is -2.28. The normalized spacial score (nSPS) is 23.5. The Morgan fingerprint density at radius 1 is 1.21 bits per heavy atom. The first-order chi connectivity index (χ1) is 9.20. The summed E-state index contributed by atoms with van der Waals surface area (Å²) in [7, 11) is 0. The van der Waals surface area contributed by atoms with Gasteiger partial charge in [-0.3, -0.25) is 0 Å². The number of phenolic OH excluding ortho intramolecular Hbond substituents is 1. The molecule has 1 fully saturated rings. The molecule has 2 nitrogen and oxygen atoms in total. The smallest absolute Gasteiger partial charge is 0.134 e. The Labute approximate surface area is 124 Å². The van der Waals surface area contributed by atoms with Crippen LogP contribution in [0.25, 0.3) is 0 Å². The first-order valence-electron chi connectivity index (χ1n) is 7.37. The van der Waals surface area contributed by atoms with Gasteiger partial charge in [0.15, 0.2) is 0 Å². The largest absolute Gasteiger partial charge is 0.506 e. The molecule has 106 valence electrons. The second-order valence-electron chi connectivity index (χ2n) is 5.67. The van der Waals surface area contributed by atoms with E-state index in [1.807, 2.05) is 18.2 Å². The van der Waals surface area contributed by atoms with E-state index in [9.17, 15) is 5.11 Å². The molecular formula is C16H24BrNO. The average Bonchev–Trinajstić information content (AvgIpc) is 2.44. The number of nitrogens with one attached hydrogen (secondary N) is 1. The van der Waals surface area contributed by atoms with Gasteiger partial charge in [-0.25, -0.2) is 0 Å². The summed E-state index contributed by atoms with van der Waals surface area (Å²) < 4.78 is 0.773. The lowest BCUT2D eigenvalue weighted by atomic mass is 9.81. The summed E-state index contributed by atoms with van der Waals surface area (Å²) >= 11 is 3.35. The molecule has 0 bridgehead atoms. The van der Waals surface area contributed by atoms with Gasteiger partial charge in [0, 0.05) is 12.1 Å². The molecule has 19 heavy (non-hydrogen) atoms. The van der Waals surface area contributed by atoms with E-state index in [0.29, 0.717) is 5.75 Å². The molecule has 1 saturated carbocycles. The lowest BCUT2D eigenvalue weighted by molar-refractivity contribution is 0.262. The summed E-state index contributed by atoms with van der Waals surface area (Å²) in [5.74, 6) is 2.15. The predicted octanol–water partition coefficient (Wildman–Crippen LogP) is 4.46. The molecule has 0 spiro atoms. The van der Waals surface area contributed by atoms with Gasteiger partial charge < -0.3 is 10.4 Å². The van der Waals surface area contributed by atoms with Gasteiger partial charge in [-0.15, -0.1) is 0 Å². The summed E-state index contributed by atoms with van der Waals surface area (Å²) in [4.78, 5) is 0. The van der Waals surface area contributed by atoms with Crippen molar-refractivity contribution in [3.63, 3.8) is 0 Å². The van der Waals surface area contributed by atoms with Gasteiger partial charge in [0.1, 0.15) is 5.75 Å². The van der Waals surface area contributed by atoms with Crippen LogP contribution in [-0.4, -0.2) is 11.7 Å². The van der Waals surface area contributed by atoms with Gasteiger partial charge in [-0.05, 0) is 53.2 Å². The van der Waals surface area contributed by atoms with Crippen molar-refractivity contribution in [2.24, 2.45) is 11.8 Å². The Hall–Kier alpha value is -0.540. The topological polar surface area (TPSA) is 32.3 Å². The molecule has 0 heterocycles. The molecule has 2 N–H and O–H groups in total. The number of hydrogen-bond acceptors (Lipinski definition) is 2. The summed E-state index contributed by atoms with van der Waals surface area (Å²) in [5.41, 5.74) is 0.969. The number of phenols is 1. The van der Waals surface area contributed by atoms with E-state index in [1.54, 1.807) is 0 Å². The third kappa shape index (κ3) is 4.22. The minimum atomic E-state index is 0.365. The third-order valence-electron chi connectivity index (χ3n) is 4.36. The monoisotopic (exact) mass is 325 g/mol. The maximum absolute atomic E-state index is 9.91. The standard InChI is InChI=1S/C16H24BrNO/c1-2-12-6-8-13(9-7-12)10-18-11-14-4-3-5-15(17)16(14)19/h3-5,12-13,18-19H,2,6-11H2,1H3. The van der Waals surface area contributed by atoms with Crippen LogP contribution in [-0.2, 0) is 6.54 Å². The van der Waals surface area contributed by atoms with Crippen molar-refractivity contribution in [1.29, 1.82) is 0 Å². The van der Waals surface area contributed by atoms with Crippen molar-refractivity contribution in [1.82, 2.24) is 5.32 Å². The Morgan fingerprint density at radius 2 is 1.89 bits per heavy atom. The fourth-order valence-electron chi connectivity index (χ4n) is 2.96. The molecule has 0 saturated heterocycles. The third-order valence-corrected chi connectivity index (χ3v) is 5.00. The Morgan fingerprint density at radius 3 is 2.58 bits per heavy atom. The number of rotatable bonds is 5. The molecule has 1 aliphatic carbocycles. The van der Waals surface area contributed by atoms with Crippen LogP contribution in [0.2, 0.25) is 0 Å². The Balaban J connectivity index is 1.74. The zero-order chi connectivity index (χ0) is 13.7. The average molecular weight is 326 g/mol. The van der Waals surface area contributed by atoms with Gasteiger partial charge in [0.2, 0.25) is 0 Å². The highest BCUT2D eigenvalue weighted by Crippen LogP contribution is 2.30. The summed E-state index contributed by atoms with van der Waals surface area (Å²) in [5, 5.41) is 13.4. The Bertz CT molecular complexity index is 400. The zero-order valence-electron chi connectivity index (χ0n) is 11.7. The molecule has 0 amide bonds. The quantitative estimate of drug-likeness (QED) is 0.837. The number of aromatic hydroxyl groups is 1. The molecule has 3 heteroatoms. The van der Waals surface area contributed by atoms with E-state index in [-0.39, 0.29) is 0 Å². The van der Waals surface area contributed by atoms with Crippen LogP contribution in [0.4, 0.5) is 0 Å². The van der Waals surface area contributed by atoms with Gasteiger partial charge in [0.25, 0.3) is 0 Å². The number of benzene rings is 1. The minimum absolute atomic E-state index is 0.365. The molecule has 1 aliphatic rings. The van der Waals surface area contributed by atoms with Crippen LogP contribution in [0.3, 0.4) is 0 Å². The highest BCUT2D eigenvalue weighted by molar-refractivity contribution is 9.10. The Kier molecular flexibility index (Phi) is 5.71. The van der Waals surface area contributed by atoms with Crippen molar-refractivity contribution in [2.45, 2.75) is 45.6 Å². The first kappa shape index (κ1) is 14.9. The molecule has 1 aromatic carbocycles. The van der Waals surface area contributed by atoms with Crippen LogP contribution < -0.4 is 5.32 Å². The van der Waals surface area contributed by atoms with Crippen LogP contribution in [0.1, 0.15) is 44.6 Å². The molecule has 0 unspecified atom stereocenters. The van der Waals surface area contributed by atoms with Crippen molar-refractivity contribution in [3.05, 3.63) is 28.2 Å². The fraction of sp³-hybridized carbons (Fsp3) is 0.625. The van der Waals surface area contributed by atoms with Crippen LogP contribution in [0, 0.1) is 11.8 Å². The molecule has 2 rings (SSSR count). The van der Waals surface area contributed by atoms with Crippen LogP contribution >= 0.6 is 15.9 Å². The highest BCUT2D eigenvalue weighted by Gasteiger charge is 2.19. The van der Waals surface area contributed by atoms with Crippen molar-refractivity contribution >= 4 is 15.9 Å². The predicted molar refractivity (Wildman–Crippen MR) is 83.3 cm³/mol. The SMILES string of the molecule is CCC1CCC(CNCc2cccc(Br)c2O)CC1. The molecule has 0 radical (unpaired) electrons. The van der Waals surface area contributed by atoms with E-state index in [2.05, 4.69) is 28.2 Å². The van der Waals surface area contributed by atoms with E-state index in [1.165, 1.54) is 32.1 Å². The highest BCUT2D eigenvalue weighted by atomic mass is 79.9. The molecule has 1 aromatic rings. The van der Waals surface area contributed by atoms with E-state index < -0.39 is 0 Å². The molecule has 0 aliphatic heterocycles. The number of para-hydroxylation sites is 1. The number of halogens is 1. The van der Waals surface area contributed by atoms with Gasteiger partial charge >= 0.3 is 0 Å². The number of hydrogen-bond donors (Lipinski definition) is 2. The van der Waals surface area contributed by atoms with Gasteiger partial charge in [-0.2, -0.15) is 0 Å². The second-order valence-corrected chi connectivity index (χ2v) is 6.53. The van der Waals surface area contributed by atoms with E-state index >= 15 is 0 Å². The summed E-state index contributed by atoms with van der Waals surface area (Å²) in [6.45, 7) is 4.13. The fourth-order valence-corrected chi connectivity index (χ4v) is 3.36. The van der Waals surface area contributed by atoms with Gasteiger partial charge in [0.05, 0.1) is 4.47 Å². The van der Waals surface area contributed by atoms with Crippen molar-refractivity contribution in [2.75, 3.05) is 6.54 Å². The molecular weight excluding hydrogens is 302 g/mol. The minimum Gasteiger partial charge on any atom is -0.506 e. The lowest BCUT2D eigenvalue weighted by Crippen LogP contribution is -2.26. The second kappa shape index (κ2) is 7.30. The maximum atomic E-state index is 9.91. The van der Waals surface area contributed by atoms with Crippen LogP contribution in [0.5, 0.6) is 5.75 Å². The summed E-state index contributed by atoms with van der Waals surface area (Å²) in [6.07, 6.45) is 6.84. The van der Waals surface area contributed by atoms with Crippen LogP contribution in [0.15, 0.2) is 22.7 Å².